The van der Waals surface area contributed by atoms with Crippen LogP contribution in [0.5, 0.6) is 0 Å². The molecule has 0 radical (unpaired) electrons. The SMILES string of the molecule is C=C1C[C@@H](O)OC1=O.NC1C2CCCC12. The van der Waals surface area contributed by atoms with Gasteiger partial charge in [0.05, 0.1) is 0 Å². The highest BCUT2D eigenvalue weighted by Gasteiger charge is 2.49. The van der Waals surface area contributed by atoms with Crippen LogP contribution in [0.4, 0.5) is 0 Å². The summed E-state index contributed by atoms with van der Waals surface area (Å²) in [6, 6.07) is 0.619. The number of cyclic esters (lactones) is 1. The summed E-state index contributed by atoms with van der Waals surface area (Å²) in [6.45, 7) is 3.35. The number of nitrogens with two attached hydrogens (primary N) is 1. The third-order valence-electron chi connectivity index (χ3n) is 3.43. The van der Waals surface area contributed by atoms with E-state index in [-0.39, 0.29) is 6.42 Å². The Hall–Kier alpha value is -0.870. The molecule has 2 saturated carbocycles. The number of rotatable bonds is 0. The van der Waals surface area contributed by atoms with E-state index >= 15 is 0 Å². The van der Waals surface area contributed by atoms with Gasteiger partial charge in [0.25, 0.3) is 0 Å². The second-order valence-electron chi connectivity index (χ2n) is 4.50. The molecule has 0 aromatic heterocycles. The zero-order valence-corrected chi connectivity index (χ0v) is 8.69. The molecule has 1 heterocycles. The summed E-state index contributed by atoms with van der Waals surface area (Å²) in [5.41, 5.74) is 6.02. The fourth-order valence-electron chi connectivity index (χ4n) is 2.42. The normalized spacial score (nSPS) is 41.7. The summed E-state index contributed by atoms with van der Waals surface area (Å²) in [5.74, 6) is 1.43. The first kappa shape index (κ1) is 10.6. The molecule has 1 saturated heterocycles. The summed E-state index contributed by atoms with van der Waals surface area (Å²) in [4.78, 5) is 10.3. The molecule has 0 bridgehead atoms. The van der Waals surface area contributed by atoms with Crippen LogP contribution in [-0.4, -0.2) is 23.4 Å². The van der Waals surface area contributed by atoms with Gasteiger partial charge in [0.15, 0.2) is 0 Å². The molecule has 15 heavy (non-hydrogen) atoms. The molecule has 3 N–H and O–H groups in total. The van der Waals surface area contributed by atoms with Gasteiger partial charge >= 0.3 is 5.97 Å². The molecular weight excluding hydrogens is 194 g/mol. The van der Waals surface area contributed by atoms with E-state index in [0.717, 1.165) is 11.8 Å². The van der Waals surface area contributed by atoms with Crippen molar-refractivity contribution in [1.82, 2.24) is 0 Å². The molecule has 0 aromatic rings. The van der Waals surface area contributed by atoms with E-state index in [2.05, 4.69) is 11.3 Å². The van der Waals surface area contributed by atoms with Gasteiger partial charge in [0.1, 0.15) is 0 Å². The lowest BCUT2D eigenvalue weighted by atomic mass is 10.2. The Kier molecular flexibility index (Phi) is 2.80. The van der Waals surface area contributed by atoms with Crippen LogP contribution in [0, 0.1) is 11.8 Å². The van der Waals surface area contributed by atoms with Crippen LogP contribution in [0.15, 0.2) is 12.2 Å². The van der Waals surface area contributed by atoms with Crippen LogP contribution < -0.4 is 5.73 Å². The van der Waals surface area contributed by atoms with Crippen molar-refractivity contribution in [3.63, 3.8) is 0 Å². The first-order chi connectivity index (χ1) is 7.09. The summed E-state index contributed by atoms with van der Waals surface area (Å²) in [6.07, 6.45) is 3.59. The van der Waals surface area contributed by atoms with Crippen molar-refractivity contribution in [2.45, 2.75) is 38.0 Å². The second kappa shape index (κ2) is 3.94. The highest BCUT2D eigenvalue weighted by molar-refractivity contribution is 5.89. The number of carbonyl (C=O) groups is 1. The maximum atomic E-state index is 10.3. The Labute approximate surface area is 89.1 Å². The van der Waals surface area contributed by atoms with E-state index in [4.69, 9.17) is 10.8 Å². The van der Waals surface area contributed by atoms with Crippen molar-refractivity contribution < 1.29 is 14.6 Å². The maximum Gasteiger partial charge on any atom is 0.335 e. The van der Waals surface area contributed by atoms with E-state index < -0.39 is 12.3 Å². The lowest BCUT2D eigenvalue weighted by molar-refractivity contribution is -0.151. The van der Waals surface area contributed by atoms with Crippen molar-refractivity contribution in [3.8, 4) is 0 Å². The lowest BCUT2D eigenvalue weighted by Gasteiger charge is -1.94. The minimum absolute atomic E-state index is 0.249. The van der Waals surface area contributed by atoms with Gasteiger partial charge in [-0.25, -0.2) is 4.79 Å². The van der Waals surface area contributed by atoms with Crippen LogP contribution in [-0.2, 0) is 9.53 Å². The lowest BCUT2D eigenvalue weighted by Crippen LogP contribution is -2.05. The number of hydrogen-bond donors (Lipinski definition) is 2. The molecule has 3 fully saturated rings. The van der Waals surface area contributed by atoms with E-state index in [1.54, 1.807) is 0 Å². The molecule has 2 unspecified atom stereocenters. The molecule has 3 atom stereocenters. The average molecular weight is 211 g/mol. The zero-order chi connectivity index (χ0) is 11.0. The topological polar surface area (TPSA) is 72.5 Å². The van der Waals surface area contributed by atoms with E-state index in [1.165, 1.54) is 19.3 Å². The summed E-state index contributed by atoms with van der Waals surface area (Å²) < 4.78 is 4.29. The van der Waals surface area contributed by atoms with E-state index in [9.17, 15) is 4.79 Å². The zero-order valence-electron chi connectivity index (χ0n) is 8.69. The number of hydrogen-bond acceptors (Lipinski definition) is 4. The summed E-state index contributed by atoms with van der Waals surface area (Å²) in [5, 5.41) is 8.57. The molecule has 2 aliphatic carbocycles. The predicted molar refractivity (Wildman–Crippen MR) is 54.7 cm³/mol. The van der Waals surface area contributed by atoms with Gasteiger partial charge in [0, 0.05) is 18.0 Å². The van der Waals surface area contributed by atoms with Crippen molar-refractivity contribution in [3.05, 3.63) is 12.2 Å². The molecule has 0 amide bonds. The fraction of sp³-hybridized carbons (Fsp3) is 0.727. The molecule has 0 aromatic carbocycles. The molecule has 84 valence electrons. The first-order valence-electron chi connectivity index (χ1n) is 5.42. The molecule has 1 aliphatic heterocycles. The second-order valence-corrected chi connectivity index (χ2v) is 4.50. The minimum atomic E-state index is -0.949. The number of ether oxygens (including phenoxy) is 1. The van der Waals surface area contributed by atoms with Gasteiger partial charge < -0.3 is 15.6 Å². The maximum absolute atomic E-state index is 10.3. The Morgan fingerprint density at radius 2 is 2.00 bits per heavy atom. The molecule has 4 nitrogen and oxygen atoms in total. The number of esters is 1. The number of carbonyl (C=O) groups excluding carboxylic acids is 1. The van der Waals surface area contributed by atoms with Crippen LogP contribution in [0.1, 0.15) is 25.7 Å². The van der Waals surface area contributed by atoms with Gasteiger partial charge in [-0.1, -0.05) is 13.0 Å². The monoisotopic (exact) mass is 211 g/mol. The average Bonchev–Trinajstić information content (AvgIpc) is 2.56. The highest BCUT2D eigenvalue weighted by atomic mass is 16.6. The van der Waals surface area contributed by atoms with Crippen LogP contribution in [0.3, 0.4) is 0 Å². The summed E-state index contributed by atoms with van der Waals surface area (Å²) in [7, 11) is 0. The Morgan fingerprint density at radius 3 is 2.20 bits per heavy atom. The van der Waals surface area contributed by atoms with Gasteiger partial charge in [-0.3, -0.25) is 0 Å². The highest BCUT2D eigenvalue weighted by Crippen LogP contribution is 2.50. The van der Waals surface area contributed by atoms with Crippen LogP contribution in [0.2, 0.25) is 0 Å². The van der Waals surface area contributed by atoms with Gasteiger partial charge in [-0.15, -0.1) is 0 Å². The molecule has 4 heteroatoms. The Balaban J connectivity index is 0.000000114. The standard InChI is InChI=1S/C6H11N.C5H6O3/c7-6-4-2-1-3-5(4)6;1-3-2-4(6)8-5(3)7/h4-6H,1-3,7H2;4,6H,1-2H2/t;4-/m.0/s1. The molecule has 0 spiro atoms. The van der Waals surface area contributed by atoms with Crippen LogP contribution in [0.25, 0.3) is 0 Å². The Morgan fingerprint density at radius 1 is 1.40 bits per heavy atom. The Bertz CT molecular complexity index is 264. The van der Waals surface area contributed by atoms with E-state index in [1.807, 2.05) is 0 Å². The molecule has 3 rings (SSSR count). The fourth-order valence-corrected chi connectivity index (χ4v) is 2.42. The quantitative estimate of drug-likeness (QED) is 0.453. The summed E-state index contributed by atoms with van der Waals surface area (Å²) >= 11 is 0. The third kappa shape index (κ3) is 2.21. The largest absolute Gasteiger partial charge is 0.432 e. The van der Waals surface area contributed by atoms with Crippen LogP contribution >= 0.6 is 0 Å². The van der Waals surface area contributed by atoms with Crippen molar-refractivity contribution in [2.75, 3.05) is 0 Å². The molecule has 3 aliphatic rings. The van der Waals surface area contributed by atoms with Gasteiger partial charge in [-0.2, -0.15) is 0 Å². The minimum Gasteiger partial charge on any atom is -0.432 e. The smallest absolute Gasteiger partial charge is 0.335 e. The number of fused-ring (bicyclic) bond motifs is 1. The van der Waals surface area contributed by atoms with Crippen molar-refractivity contribution in [2.24, 2.45) is 17.6 Å². The van der Waals surface area contributed by atoms with Gasteiger partial charge in [-0.05, 0) is 24.7 Å². The van der Waals surface area contributed by atoms with Crippen molar-refractivity contribution >= 4 is 5.97 Å². The van der Waals surface area contributed by atoms with Crippen molar-refractivity contribution in [1.29, 1.82) is 0 Å². The first-order valence-corrected chi connectivity index (χ1v) is 5.42. The number of aliphatic hydroxyl groups excluding tert-OH is 1. The number of aliphatic hydroxyl groups is 1. The van der Waals surface area contributed by atoms with E-state index in [0.29, 0.717) is 11.6 Å². The third-order valence-corrected chi connectivity index (χ3v) is 3.43. The van der Waals surface area contributed by atoms with Gasteiger partial charge in [0.2, 0.25) is 6.29 Å². The molecular formula is C11H17NO3. The predicted octanol–water partition coefficient (Wildman–Crippen LogP) is 0.551.